The number of carbonyl (C=O) groups is 1. The second kappa shape index (κ2) is 6.90. The summed E-state index contributed by atoms with van der Waals surface area (Å²) in [6, 6.07) is 1.82. The van der Waals surface area contributed by atoms with E-state index in [4.69, 9.17) is 14.2 Å². The highest BCUT2D eigenvalue weighted by atomic mass is 16.5. The first-order chi connectivity index (χ1) is 11.5. The number of rotatable bonds is 5. The van der Waals surface area contributed by atoms with Gasteiger partial charge in [0.05, 0.1) is 26.3 Å². The number of nitrogens with zero attached hydrogens (tertiary/aromatic N) is 4. The summed E-state index contributed by atoms with van der Waals surface area (Å²) in [5.41, 5.74) is -0.206. The molecule has 1 aromatic heterocycles. The van der Waals surface area contributed by atoms with Crippen LogP contribution in [0.5, 0.6) is 5.88 Å². The van der Waals surface area contributed by atoms with Crippen molar-refractivity contribution in [3.05, 3.63) is 12.4 Å². The number of hydrogen-bond donors (Lipinski definition) is 0. The van der Waals surface area contributed by atoms with Gasteiger partial charge in [0.1, 0.15) is 24.4 Å². The molecule has 0 aromatic carbocycles. The minimum atomic E-state index is -0.206. The van der Waals surface area contributed by atoms with Crippen LogP contribution in [-0.2, 0) is 14.3 Å². The number of carbonyl (C=O) groups excluding carboxylic acids is 1. The molecule has 2 aliphatic heterocycles. The summed E-state index contributed by atoms with van der Waals surface area (Å²) in [6.07, 6.45) is 3.18. The van der Waals surface area contributed by atoms with Gasteiger partial charge >= 0.3 is 0 Å². The van der Waals surface area contributed by atoms with Crippen molar-refractivity contribution in [2.45, 2.75) is 24.5 Å². The Hall–Kier alpha value is -1.93. The summed E-state index contributed by atoms with van der Waals surface area (Å²) in [5.74, 6) is 1.37. The zero-order chi connectivity index (χ0) is 17.2. The Kier molecular flexibility index (Phi) is 4.86. The summed E-state index contributed by atoms with van der Waals surface area (Å²) in [7, 11) is 5.05. The molecule has 132 valence electrons. The first kappa shape index (κ1) is 16.9. The summed E-state index contributed by atoms with van der Waals surface area (Å²) < 4.78 is 16.9. The molecule has 0 bridgehead atoms. The number of anilines is 1. The molecule has 24 heavy (non-hydrogen) atoms. The highest BCUT2D eigenvalue weighted by Crippen LogP contribution is 2.37. The van der Waals surface area contributed by atoms with Crippen molar-refractivity contribution in [1.82, 2.24) is 14.9 Å². The Bertz CT molecular complexity index is 589. The zero-order valence-corrected chi connectivity index (χ0v) is 14.4. The van der Waals surface area contributed by atoms with E-state index in [0.717, 1.165) is 31.7 Å². The largest absolute Gasteiger partial charge is 0.481 e. The van der Waals surface area contributed by atoms with Crippen molar-refractivity contribution in [3.63, 3.8) is 0 Å². The molecule has 0 N–H and O–H groups in total. The summed E-state index contributed by atoms with van der Waals surface area (Å²) in [5, 5.41) is 0. The maximum Gasteiger partial charge on any atom is 0.248 e. The Morgan fingerprint density at radius 3 is 2.96 bits per heavy atom. The van der Waals surface area contributed by atoms with E-state index in [1.54, 1.807) is 26.1 Å². The standard InChI is InChI=1S/C16H24N4O4/c1-19(2)15(21)8-23-12-4-5-24-16(7-12)9-20(10-16)13-6-14(22-3)18-11-17-13/h6,11-12H,4-5,7-10H2,1-3H3. The van der Waals surface area contributed by atoms with E-state index in [1.807, 2.05) is 6.07 Å². The zero-order valence-electron chi connectivity index (χ0n) is 14.4. The van der Waals surface area contributed by atoms with Crippen LogP contribution in [0.15, 0.2) is 12.4 Å². The first-order valence-electron chi connectivity index (χ1n) is 8.08. The monoisotopic (exact) mass is 336 g/mol. The molecule has 8 heteroatoms. The molecule has 2 saturated heterocycles. The van der Waals surface area contributed by atoms with Crippen LogP contribution in [0.4, 0.5) is 5.82 Å². The minimum Gasteiger partial charge on any atom is -0.481 e. The van der Waals surface area contributed by atoms with Gasteiger partial charge in [-0.1, -0.05) is 0 Å². The summed E-state index contributed by atoms with van der Waals surface area (Å²) >= 11 is 0. The first-order valence-corrected chi connectivity index (χ1v) is 8.08. The Balaban J connectivity index is 1.53. The second-order valence-corrected chi connectivity index (χ2v) is 6.52. The van der Waals surface area contributed by atoms with E-state index in [9.17, 15) is 4.79 Å². The number of ether oxygens (including phenoxy) is 3. The Labute approximate surface area is 141 Å². The third kappa shape index (κ3) is 3.59. The lowest BCUT2D eigenvalue weighted by atomic mass is 9.84. The third-order valence-corrected chi connectivity index (χ3v) is 4.51. The van der Waals surface area contributed by atoms with Crippen LogP contribution in [0.25, 0.3) is 0 Å². The van der Waals surface area contributed by atoms with Crippen molar-refractivity contribution < 1.29 is 19.0 Å². The second-order valence-electron chi connectivity index (χ2n) is 6.52. The molecular formula is C16H24N4O4. The molecule has 1 unspecified atom stereocenters. The van der Waals surface area contributed by atoms with Gasteiger partial charge in [0.15, 0.2) is 0 Å². The molecule has 8 nitrogen and oxygen atoms in total. The lowest BCUT2D eigenvalue weighted by Crippen LogP contribution is -2.66. The predicted octanol–water partition coefficient (Wildman–Crippen LogP) is 0.328. The molecule has 1 aromatic rings. The molecule has 1 amide bonds. The van der Waals surface area contributed by atoms with E-state index in [0.29, 0.717) is 12.5 Å². The lowest BCUT2D eigenvalue weighted by Gasteiger charge is -2.53. The van der Waals surface area contributed by atoms with E-state index in [1.165, 1.54) is 6.33 Å². The van der Waals surface area contributed by atoms with E-state index >= 15 is 0 Å². The minimum absolute atomic E-state index is 0.0149. The molecular weight excluding hydrogens is 312 g/mol. The van der Waals surface area contributed by atoms with Crippen molar-refractivity contribution in [1.29, 1.82) is 0 Å². The van der Waals surface area contributed by atoms with Gasteiger partial charge in [-0.25, -0.2) is 9.97 Å². The van der Waals surface area contributed by atoms with Crippen LogP contribution in [-0.4, -0.2) is 80.0 Å². The fourth-order valence-electron chi connectivity index (χ4n) is 3.09. The number of aromatic nitrogens is 2. The van der Waals surface area contributed by atoms with E-state index in [2.05, 4.69) is 14.9 Å². The van der Waals surface area contributed by atoms with Gasteiger partial charge < -0.3 is 24.0 Å². The van der Waals surface area contributed by atoms with Gasteiger partial charge in [0.25, 0.3) is 0 Å². The Morgan fingerprint density at radius 1 is 1.46 bits per heavy atom. The molecule has 2 aliphatic rings. The van der Waals surface area contributed by atoms with Gasteiger partial charge in [-0.05, 0) is 6.42 Å². The van der Waals surface area contributed by atoms with Crippen LogP contribution in [0, 0.1) is 0 Å². The van der Waals surface area contributed by atoms with Crippen LogP contribution >= 0.6 is 0 Å². The summed E-state index contributed by atoms with van der Waals surface area (Å²) in [4.78, 5) is 23.6. The number of likely N-dealkylation sites (N-methyl/N-ethyl adjacent to an activating group) is 1. The Morgan fingerprint density at radius 2 is 2.25 bits per heavy atom. The highest BCUT2D eigenvalue weighted by Gasteiger charge is 2.48. The fourth-order valence-corrected chi connectivity index (χ4v) is 3.09. The van der Waals surface area contributed by atoms with Gasteiger partial charge in [-0.2, -0.15) is 0 Å². The van der Waals surface area contributed by atoms with Gasteiger partial charge in [0.2, 0.25) is 11.8 Å². The SMILES string of the molecule is COc1cc(N2CC3(CC(OCC(=O)N(C)C)CCO3)C2)ncn1. The summed E-state index contributed by atoms with van der Waals surface area (Å²) in [6.45, 7) is 2.30. The lowest BCUT2D eigenvalue weighted by molar-refractivity contribution is -0.156. The maximum atomic E-state index is 11.7. The smallest absolute Gasteiger partial charge is 0.248 e. The quantitative estimate of drug-likeness (QED) is 0.767. The highest BCUT2D eigenvalue weighted by molar-refractivity contribution is 5.76. The van der Waals surface area contributed by atoms with E-state index < -0.39 is 0 Å². The van der Waals surface area contributed by atoms with E-state index in [-0.39, 0.29) is 24.2 Å². The molecule has 3 rings (SSSR count). The van der Waals surface area contributed by atoms with Crippen LogP contribution in [0.3, 0.4) is 0 Å². The van der Waals surface area contributed by atoms with Crippen molar-refractivity contribution in [2.75, 3.05) is 52.4 Å². The number of hydrogen-bond acceptors (Lipinski definition) is 7. The molecule has 1 atom stereocenters. The molecule has 0 aliphatic carbocycles. The van der Waals surface area contributed by atoms with Gasteiger partial charge in [-0.15, -0.1) is 0 Å². The maximum absolute atomic E-state index is 11.7. The molecule has 2 fully saturated rings. The number of amides is 1. The van der Waals surface area contributed by atoms with Crippen LogP contribution in [0.2, 0.25) is 0 Å². The topological polar surface area (TPSA) is 77.0 Å². The molecule has 3 heterocycles. The van der Waals surface area contributed by atoms with Crippen molar-refractivity contribution in [2.24, 2.45) is 0 Å². The van der Waals surface area contributed by atoms with Gasteiger partial charge in [0, 0.05) is 33.2 Å². The number of methoxy groups -OCH3 is 1. The molecule has 0 radical (unpaired) electrons. The molecule has 1 spiro atoms. The average Bonchev–Trinajstić information content (AvgIpc) is 2.57. The average molecular weight is 336 g/mol. The van der Waals surface area contributed by atoms with Crippen molar-refractivity contribution >= 4 is 11.7 Å². The fraction of sp³-hybridized carbons (Fsp3) is 0.688. The third-order valence-electron chi connectivity index (χ3n) is 4.51. The normalized spacial score (nSPS) is 22.1. The predicted molar refractivity (Wildman–Crippen MR) is 87.1 cm³/mol. The van der Waals surface area contributed by atoms with Gasteiger partial charge in [-0.3, -0.25) is 4.79 Å². The van der Waals surface area contributed by atoms with Crippen LogP contribution < -0.4 is 9.64 Å². The molecule has 0 saturated carbocycles. The van der Waals surface area contributed by atoms with Crippen molar-refractivity contribution in [3.8, 4) is 5.88 Å². The van der Waals surface area contributed by atoms with Crippen LogP contribution in [0.1, 0.15) is 12.8 Å².